The summed E-state index contributed by atoms with van der Waals surface area (Å²) in [5.74, 6) is 0. The van der Waals surface area contributed by atoms with Gasteiger partial charge in [0.05, 0.1) is 5.52 Å². The molecule has 2 N–H and O–H groups in total. The number of para-hydroxylation sites is 1. The lowest BCUT2D eigenvalue weighted by molar-refractivity contribution is 0.759. The van der Waals surface area contributed by atoms with Crippen molar-refractivity contribution in [2.24, 2.45) is 5.73 Å². The standard InChI is InChI=1S/C14H20N2/c1-3-16-11(2)10-13-7-4-6-12(14(13)16)8-5-9-15/h4,6-7,10H,3,5,8-9,15H2,1-2H3. The van der Waals surface area contributed by atoms with Crippen molar-refractivity contribution < 1.29 is 0 Å². The van der Waals surface area contributed by atoms with Crippen LogP contribution in [0, 0.1) is 6.92 Å². The first-order valence-electron chi connectivity index (χ1n) is 6.05. The number of nitrogens with two attached hydrogens (primary N) is 1. The fraction of sp³-hybridized carbons (Fsp3) is 0.429. The topological polar surface area (TPSA) is 30.9 Å². The molecule has 0 aliphatic carbocycles. The molecule has 0 atom stereocenters. The number of benzene rings is 1. The number of aryl methyl sites for hydroxylation is 3. The lowest BCUT2D eigenvalue weighted by atomic mass is 10.1. The van der Waals surface area contributed by atoms with E-state index in [0.717, 1.165) is 25.9 Å². The van der Waals surface area contributed by atoms with E-state index in [2.05, 4.69) is 42.7 Å². The predicted molar refractivity (Wildman–Crippen MR) is 69.7 cm³/mol. The molecule has 0 fully saturated rings. The maximum Gasteiger partial charge on any atom is 0.0514 e. The third-order valence-corrected chi connectivity index (χ3v) is 3.18. The van der Waals surface area contributed by atoms with Crippen molar-refractivity contribution in [3.05, 3.63) is 35.5 Å². The van der Waals surface area contributed by atoms with Crippen molar-refractivity contribution in [3.63, 3.8) is 0 Å². The average molecular weight is 216 g/mol. The highest BCUT2D eigenvalue weighted by atomic mass is 15.0. The Morgan fingerprint density at radius 3 is 2.81 bits per heavy atom. The van der Waals surface area contributed by atoms with Gasteiger partial charge in [-0.1, -0.05) is 18.2 Å². The van der Waals surface area contributed by atoms with E-state index in [0.29, 0.717) is 0 Å². The van der Waals surface area contributed by atoms with Crippen LogP contribution in [0.4, 0.5) is 0 Å². The van der Waals surface area contributed by atoms with Crippen LogP contribution in [0.25, 0.3) is 10.9 Å². The molecule has 0 aliphatic rings. The first kappa shape index (κ1) is 11.2. The number of hydrogen-bond donors (Lipinski definition) is 1. The van der Waals surface area contributed by atoms with Gasteiger partial charge in [0, 0.05) is 17.6 Å². The highest BCUT2D eigenvalue weighted by Crippen LogP contribution is 2.24. The monoisotopic (exact) mass is 216 g/mol. The molecule has 0 radical (unpaired) electrons. The zero-order valence-electron chi connectivity index (χ0n) is 10.2. The molecule has 0 bridgehead atoms. The quantitative estimate of drug-likeness (QED) is 0.837. The van der Waals surface area contributed by atoms with E-state index in [4.69, 9.17) is 5.73 Å². The molecule has 2 heteroatoms. The maximum atomic E-state index is 5.59. The molecule has 1 heterocycles. The fourth-order valence-electron chi connectivity index (χ4n) is 2.44. The summed E-state index contributed by atoms with van der Waals surface area (Å²) in [6.07, 6.45) is 2.14. The van der Waals surface area contributed by atoms with E-state index < -0.39 is 0 Å². The van der Waals surface area contributed by atoms with Gasteiger partial charge in [-0.25, -0.2) is 0 Å². The summed E-state index contributed by atoms with van der Waals surface area (Å²) < 4.78 is 2.39. The second kappa shape index (κ2) is 4.71. The zero-order chi connectivity index (χ0) is 11.5. The Kier molecular flexibility index (Phi) is 3.30. The summed E-state index contributed by atoms with van der Waals surface area (Å²) in [6, 6.07) is 8.84. The summed E-state index contributed by atoms with van der Waals surface area (Å²) in [6.45, 7) is 6.18. The summed E-state index contributed by atoms with van der Waals surface area (Å²) in [7, 11) is 0. The van der Waals surface area contributed by atoms with Crippen LogP contribution in [0.15, 0.2) is 24.3 Å². The minimum absolute atomic E-state index is 0.766. The molecule has 86 valence electrons. The molecule has 0 saturated carbocycles. The summed E-state index contributed by atoms with van der Waals surface area (Å²) in [4.78, 5) is 0. The van der Waals surface area contributed by atoms with Gasteiger partial charge in [-0.05, 0) is 44.9 Å². The molecule has 2 nitrogen and oxygen atoms in total. The predicted octanol–water partition coefficient (Wildman–Crippen LogP) is 2.86. The molecule has 0 saturated heterocycles. The van der Waals surface area contributed by atoms with Gasteiger partial charge < -0.3 is 10.3 Å². The maximum absolute atomic E-state index is 5.59. The van der Waals surface area contributed by atoms with Gasteiger partial charge in [0.15, 0.2) is 0 Å². The Balaban J connectivity index is 2.55. The van der Waals surface area contributed by atoms with Gasteiger partial charge in [-0.15, -0.1) is 0 Å². The molecule has 16 heavy (non-hydrogen) atoms. The second-order valence-corrected chi connectivity index (χ2v) is 4.28. The molecular formula is C14H20N2. The van der Waals surface area contributed by atoms with Gasteiger partial charge in [0.1, 0.15) is 0 Å². The molecular weight excluding hydrogens is 196 g/mol. The summed E-state index contributed by atoms with van der Waals surface area (Å²) in [5, 5.41) is 1.36. The number of hydrogen-bond acceptors (Lipinski definition) is 1. The van der Waals surface area contributed by atoms with Crippen LogP contribution in [-0.2, 0) is 13.0 Å². The molecule has 1 aromatic heterocycles. The van der Waals surface area contributed by atoms with Crippen LogP contribution in [0.5, 0.6) is 0 Å². The highest BCUT2D eigenvalue weighted by Gasteiger charge is 2.07. The zero-order valence-corrected chi connectivity index (χ0v) is 10.2. The molecule has 0 amide bonds. The molecule has 0 aliphatic heterocycles. The van der Waals surface area contributed by atoms with Crippen LogP contribution in [0.1, 0.15) is 24.6 Å². The molecule has 0 unspecified atom stereocenters. The van der Waals surface area contributed by atoms with Gasteiger partial charge in [-0.3, -0.25) is 0 Å². The Bertz CT molecular complexity index is 483. The largest absolute Gasteiger partial charge is 0.345 e. The SMILES string of the molecule is CCn1c(C)cc2cccc(CCCN)c21. The van der Waals surface area contributed by atoms with Crippen molar-refractivity contribution in [1.82, 2.24) is 4.57 Å². The van der Waals surface area contributed by atoms with Gasteiger partial charge in [-0.2, -0.15) is 0 Å². The minimum atomic E-state index is 0.766. The van der Waals surface area contributed by atoms with E-state index in [9.17, 15) is 0 Å². The number of fused-ring (bicyclic) bond motifs is 1. The molecule has 0 spiro atoms. The van der Waals surface area contributed by atoms with E-state index in [1.807, 2.05) is 0 Å². The second-order valence-electron chi connectivity index (χ2n) is 4.28. The minimum Gasteiger partial charge on any atom is -0.345 e. The summed E-state index contributed by atoms with van der Waals surface area (Å²) >= 11 is 0. The fourth-order valence-corrected chi connectivity index (χ4v) is 2.44. The lowest BCUT2D eigenvalue weighted by Gasteiger charge is -2.09. The Hall–Kier alpha value is -1.28. The Morgan fingerprint density at radius 2 is 2.12 bits per heavy atom. The Labute approximate surface area is 97.1 Å². The van der Waals surface area contributed by atoms with Crippen molar-refractivity contribution >= 4 is 10.9 Å². The lowest BCUT2D eigenvalue weighted by Crippen LogP contribution is -2.03. The van der Waals surface area contributed by atoms with Crippen LogP contribution >= 0.6 is 0 Å². The van der Waals surface area contributed by atoms with Crippen molar-refractivity contribution in [1.29, 1.82) is 0 Å². The van der Waals surface area contributed by atoms with Crippen LogP contribution in [-0.4, -0.2) is 11.1 Å². The first-order chi connectivity index (χ1) is 7.77. The Morgan fingerprint density at radius 1 is 1.31 bits per heavy atom. The number of rotatable bonds is 4. The van der Waals surface area contributed by atoms with Gasteiger partial charge >= 0.3 is 0 Å². The summed E-state index contributed by atoms with van der Waals surface area (Å²) in [5.41, 5.74) is 9.76. The van der Waals surface area contributed by atoms with Crippen molar-refractivity contribution in [2.75, 3.05) is 6.54 Å². The van der Waals surface area contributed by atoms with E-state index in [1.54, 1.807) is 0 Å². The van der Waals surface area contributed by atoms with E-state index >= 15 is 0 Å². The van der Waals surface area contributed by atoms with Gasteiger partial charge in [0.25, 0.3) is 0 Å². The third kappa shape index (κ3) is 1.85. The number of aromatic nitrogens is 1. The smallest absolute Gasteiger partial charge is 0.0514 e. The van der Waals surface area contributed by atoms with Crippen LogP contribution in [0.3, 0.4) is 0 Å². The highest BCUT2D eigenvalue weighted by molar-refractivity contribution is 5.84. The molecule has 2 aromatic rings. The van der Waals surface area contributed by atoms with E-state index in [1.165, 1.54) is 22.2 Å². The third-order valence-electron chi connectivity index (χ3n) is 3.18. The average Bonchev–Trinajstić information content (AvgIpc) is 2.62. The van der Waals surface area contributed by atoms with Crippen molar-refractivity contribution in [2.45, 2.75) is 33.2 Å². The first-order valence-corrected chi connectivity index (χ1v) is 6.05. The van der Waals surface area contributed by atoms with Gasteiger partial charge in [0.2, 0.25) is 0 Å². The van der Waals surface area contributed by atoms with Crippen LogP contribution in [0.2, 0.25) is 0 Å². The van der Waals surface area contributed by atoms with E-state index in [-0.39, 0.29) is 0 Å². The normalized spacial score (nSPS) is 11.2. The van der Waals surface area contributed by atoms with Crippen LogP contribution < -0.4 is 5.73 Å². The molecule has 1 aromatic carbocycles. The molecule has 2 rings (SSSR count). The number of nitrogens with zero attached hydrogens (tertiary/aromatic N) is 1. The van der Waals surface area contributed by atoms with Crippen molar-refractivity contribution in [3.8, 4) is 0 Å².